The number of methoxy groups -OCH3 is 1. The first-order valence-corrected chi connectivity index (χ1v) is 7.77. The Balaban J connectivity index is 1.80. The molecule has 2 atom stereocenters. The number of hydrogen-bond donors (Lipinski definition) is 1. The predicted octanol–water partition coefficient (Wildman–Crippen LogP) is 2.53. The third kappa shape index (κ3) is 3.23. The molecule has 0 aliphatic carbocycles. The van der Waals surface area contributed by atoms with Crippen molar-refractivity contribution >= 4 is 5.97 Å². The molecular weight excluding hydrogens is 311 g/mol. The average molecular weight is 330 g/mol. The number of pyridine rings is 1. The van der Waals surface area contributed by atoms with E-state index in [9.17, 15) is 14.3 Å². The third-order valence-electron chi connectivity index (χ3n) is 4.46. The second-order valence-corrected chi connectivity index (χ2v) is 5.95. The van der Waals surface area contributed by atoms with Crippen LogP contribution in [0.3, 0.4) is 0 Å². The number of carboxylic acid groups (broad SMARTS) is 1. The van der Waals surface area contributed by atoms with Gasteiger partial charge in [0.05, 0.1) is 13.0 Å². The highest BCUT2D eigenvalue weighted by Gasteiger charge is 2.38. The Morgan fingerprint density at radius 2 is 2.08 bits per heavy atom. The molecule has 1 aromatic heterocycles. The SMILES string of the molecule is COc1nccc(CN2C[C@H](C(=O)O)[C@@H](c3ccccc3)C2)c1F. The van der Waals surface area contributed by atoms with Gasteiger partial charge in [-0.1, -0.05) is 30.3 Å². The molecule has 0 saturated carbocycles. The summed E-state index contributed by atoms with van der Waals surface area (Å²) in [6.45, 7) is 1.29. The smallest absolute Gasteiger partial charge is 0.308 e. The lowest BCUT2D eigenvalue weighted by Gasteiger charge is -2.17. The zero-order valence-corrected chi connectivity index (χ0v) is 13.4. The minimum atomic E-state index is -0.820. The molecule has 0 unspecified atom stereocenters. The molecule has 24 heavy (non-hydrogen) atoms. The van der Waals surface area contributed by atoms with Gasteiger partial charge < -0.3 is 9.84 Å². The fourth-order valence-corrected chi connectivity index (χ4v) is 3.27. The van der Waals surface area contributed by atoms with Crippen LogP contribution in [0.25, 0.3) is 0 Å². The number of halogens is 1. The van der Waals surface area contributed by atoms with Crippen molar-refractivity contribution in [3.05, 3.63) is 59.5 Å². The summed E-state index contributed by atoms with van der Waals surface area (Å²) in [6.07, 6.45) is 1.50. The maximum absolute atomic E-state index is 14.3. The maximum atomic E-state index is 14.3. The van der Waals surface area contributed by atoms with E-state index in [4.69, 9.17) is 4.74 Å². The molecule has 0 bridgehead atoms. The van der Waals surface area contributed by atoms with Gasteiger partial charge in [-0.05, 0) is 11.6 Å². The van der Waals surface area contributed by atoms with Gasteiger partial charge in [-0.15, -0.1) is 0 Å². The van der Waals surface area contributed by atoms with Crippen LogP contribution in [0.2, 0.25) is 0 Å². The first kappa shape index (κ1) is 16.4. The highest BCUT2D eigenvalue weighted by molar-refractivity contribution is 5.72. The van der Waals surface area contributed by atoms with Crippen LogP contribution in [0.5, 0.6) is 5.88 Å². The van der Waals surface area contributed by atoms with E-state index in [-0.39, 0.29) is 11.8 Å². The molecule has 0 amide bonds. The number of rotatable bonds is 5. The van der Waals surface area contributed by atoms with E-state index in [1.165, 1.54) is 13.3 Å². The summed E-state index contributed by atoms with van der Waals surface area (Å²) in [5.41, 5.74) is 1.46. The number of hydrogen-bond acceptors (Lipinski definition) is 4. The number of aromatic nitrogens is 1. The van der Waals surface area contributed by atoms with Crippen LogP contribution in [-0.2, 0) is 11.3 Å². The second kappa shape index (κ2) is 6.97. The van der Waals surface area contributed by atoms with E-state index in [1.807, 2.05) is 35.2 Å². The van der Waals surface area contributed by atoms with Crippen LogP contribution >= 0.6 is 0 Å². The van der Waals surface area contributed by atoms with Gasteiger partial charge in [-0.25, -0.2) is 9.37 Å². The number of ether oxygens (including phenoxy) is 1. The van der Waals surface area contributed by atoms with E-state index in [0.717, 1.165) is 5.56 Å². The standard InChI is InChI=1S/C18H19FN2O3/c1-24-17-16(19)13(7-8-20-17)9-21-10-14(15(11-21)18(22)23)12-5-3-2-4-6-12/h2-8,14-15H,9-11H2,1H3,(H,22,23)/t14-,15+/m1/s1. The molecule has 1 saturated heterocycles. The number of aliphatic carboxylic acids is 1. The van der Waals surface area contributed by atoms with Crippen molar-refractivity contribution in [1.29, 1.82) is 0 Å². The number of carbonyl (C=O) groups is 1. The second-order valence-electron chi connectivity index (χ2n) is 5.95. The lowest BCUT2D eigenvalue weighted by atomic mass is 9.89. The van der Waals surface area contributed by atoms with Gasteiger partial charge in [0.1, 0.15) is 0 Å². The molecule has 5 nitrogen and oxygen atoms in total. The van der Waals surface area contributed by atoms with E-state index < -0.39 is 17.7 Å². The highest BCUT2D eigenvalue weighted by atomic mass is 19.1. The lowest BCUT2D eigenvalue weighted by molar-refractivity contribution is -0.141. The minimum absolute atomic E-state index is 0.0407. The Bertz CT molecular complexity index is 723. The number of likely N-dealkylation sites (tertiary alicyclic amines) is 1. The molecule has 2 aromatic rings. The van der Waals surface area contributed by atoms with Crippen molar-refractivity contribution < 1.29 is 19.0 Å². The van der Waals surface area contributed by atoms with E-state index in [2.05, 4.69) is 4.98 Å². The van der Waals surface area contributed by atoms with E-state index in [0.29, 0.717) is 25.2 Å². The molecule has 126 valence electrons. The molecule has 0 radical (unpaired) electrons. The molecule has 1 fully saturated rings. The van der Waals surface area contributed by atoms with Gasteiger partial charge in [-0.3, -0.25) is 9.69 Å². The fourth-order valence-electron chi connectivity index (χ4n) is 3.27. The zero-order valence-electron chi connectivity index (χ0n) is 13.4. The molecule has 1 aromatic carbocycles. The van der Waals surface area contributed by atoms with Gasteiger partial charge in [0.25, 0.3) is 0 Å². The van der Waals surface area contributed by atoms with Gasteiger partial charge in [0.15, 0.2) is 5.82 Å². The van der Waals surface area contributed by atoms with Crippen LogP contribution in [0.15, 0.2) is 42.6 Å². The number of nitrogens with zero attached hydrogens (tertiary/aromatic N) is 2. The Kier molecular flexibility index (Phi) is 4.76. The van der Waals surface area contributed by atoms with E-state index in [1.54, 1.807) is 6.07 Å². The normalized spacial score (nSPS) is 20.9. The first-order valence-electron chi connectivity index (χ1n) is 7.77. The Morgan fingerprint density at radius 3 is 2.75 bits per heavy atom. The van der Waals surface area contributed by atoms with Crippen molar-refractivity contribution in [1.82, 2.24) is 9.88 Å². The van der Waals surface area contributed by atoms with Gasteiger partial charge >= 0.3 is 5.97 Å². The highest BCUT2D eigenvalue weighted by Crippen LogP contribution is 2.34. The van der Waals surface area contributed by atoms with E-state index >= 15 is 0 Å². The first-order chi connectivity index (χ1) is 11.6. The summed E-state index contributed by atoms with van der Waals surface area (Å²) in [7, 11) is 1.37. The van der Waals surface area contributed by atoms with Gasteiger partial charge in [-0.2, -0.15) is 0 Å². The molecule has 1 aliphatic rings. The van der Waals surface area contributed by atoms with Gasteiger partial charge in [0.2, 0.25) is 5.88 Å². The summed E-state index contributed by atoms with van der Waals surface area (Å²) in [6, 6.07) is 11.2. The summed E-state index contributed by atoms with van der Waals surface area (Å²) >= 11 is 0. The van der Waals surface area contributed by atoms with Crippen LogP contribution < -0.4 is 4.74 Å². The number of carboxylic acids is 1. The van der Waals surface area contributed by atoms with Crippen molar-refractivity contribution in [2.45, 2.75) is 12.5 Å². The monoisotopic (exact) mass is 330 g/mol. The lowest BCUT2D eigenvalue weighted by Crippen LogP contribution is -2.23. The van der Waals surface area contributed by atoms with Crippen molar-refractivity contribution in [2.24, 2.45) is 5.92 Å². The minimum Gasteiger partial charge on any atom is -0.481 e. The largest absolute Gasteiger partial charge is 0.481 e. The Hall–Kier alpha value is -2.47. The Labute approximate surface area is 139 Å². The summed E-state index contributed by atoms with van der Waals surface area (Å²) in [5.74, 6) is -1.95. The zero-order chi connectivity index (χ0) is 17.1. The average Bonchev–Trinajstić information content (AvgIpc) is 3.02. The van der Waals surface area contributed by atoms with Crippen LogP contribution in [0.1, 0.15) is 17.0 Å². The summed E-state index contributed by atoms with van der Waals surface area (Å²) in [5, 5.41) is 9.53. The maximum Gasteiger partial charge on any atom is 0.308 e. The molecule has 6 heteroatoms. The molecule has 0 spiro atoms. The summed E-state index contributed by atoms with van der Waals surface area (Å²) in [4.78, 5) is 17.4. The predicted molar refractivity (Wildman–Crippen MR) is 86.3 cm³/mol. The molecular formula is C18H19FN2O3. The molecule has 1 N–H and O–H groups in total. The van der Waals surface area contributed by atoms with Crippen molar-refractivity contribution in [3.8, 4) is 5.88 Å². The number of benzene rings is 1. The van der Waals surface area contributed by atoms with Crippen LogP contribution in [0.4, 0.5) is 4.39 Å². The summed E-state index contributed by atoms with van der Waals surface area (Å²) < 4.78 is 19.2. The quantitative estimate of drug-likeness (QED) is 0.913. The topological polar surface area (TPSA) is 62.7 Å². The van der Waals surface area contributed by atoms with Crippen LogP contribution in [0, 0.1) is 11.7 Å². The van der Waals surface area contributed by atoms with Crippen molar-refractivity contribution in [3.63, 3.8) is 0 Å². The fraction of sp³-hybridized carbons (Fsp3) is 0.333. The van der Waals surface area contributed by atoms with Gasteiger partial charge in [0, 0.05) is 37.3 Å². The Morgan fingerprint density at radius 1 is 1.33 bits per heavy atom. The molecule has 1 aliphatic heterocycles. The third-order valence-corrected chi connectivity index (χ3v) is 4.46. The van der Waals surface area contributed by atoms with Crippen LogP contribution in [-0.4, -0.2) is 41.2 Å². The molecule has 2 heterocycles. The van der Waals surface area contributed by atoms with Crippen molar-refractivity contribution in [2.75, 3.05) is 20.2 Å². The molecule has 3 rings (SSSR count).